The number of nitrogens with zero attached hydrogens (tertiary/aromatic N) is 2. The molecule has 3 heterocycles. The van der Waals surface area contributed by atoms with Crippen LogP contribution >= 0.6 is 23.4 Å². The van der Waals surface area contributed by atoms with Crippen LogP contribution in [0, 0.1) is 0 Å². The van der Waals surface area contributed by atoms with Gasteiger partial charge in [0.05, 0.1) is 24.3 Å². The monoisotopic (exact) mass is 689 g/mol. The van der Waals surface area contributed by atoms with Crippen molar-refractivity contribution in [3.05, 3.63) is 94.3 Å². The van der Waals surface area contributed by atoms with Gasteiger partial charge < -0.3 is 37.1 Å². The fourth-order valence-electron chi connectivity index (χ4n) is 5.90. The second kappa shape index (κ2) is 17.1. The first-order valence-corrected chi connectivity index (χ1v) is 17.5. The number of aromatic amines is 1. The molecular weight excluding hydrogens is 646 g/mol. The van der Waals surface area contributed by atoms with E-state index in [9.17, 15) is 9.59 Å². The maximum atomic E-state index is 14.2. The molecule has 0 saturated carbocycles. The topological polar surface area (TPSA) is 165 Å². The van der Waals surface area contributed by atoms with Gasteiger partial charge >= 0.3 is 0 Å². The van der Waals surface area contributed by atoms with Crippen LogP contribution in [0.5, 0.6) is 0 Å². The second-order valence-electron chi connectivity index (χ2n) is 11.9. The minimum Gasteiger partial charge on any atom is -0.377 e. The molecule has 8 N–H and O–H groups in total. The van der Waals surface area contributed by atoms with E-state index >= 15 is 0 Å². The maximum Gasteiger partial charge on any atom is 0.243 e. The second-order valence-corrected chi connectivity index (χ2v) is 13.3. The fraction of sp³-hybridized carbons (Fsp3) is 0.361. The molecule has 1 aliphatic rings. The molecule has 0 fully saturated rings. The third-order valence-corrected chi connectivity index (χ3v) is 10.3. The Kier molecular flexibility index (Phi) is 12.7. The number of nitrogens with one attached hydrogen (secondary N) is 2. The molecule has 12 heteroatoms. The third kappa shape index (κ3) is 8.65. The molecule has 0 spiro atoms. The first-order chi connectivity index (χ1) is 23.3. The van der Waals surface area contributed by atoms with Crippen LogP contribution in [0.3, 0.4) is 0 Å². The highest BCUT2D eigenvalue weighted by atomic mass is 35.5. The molecular formula is C36H44ClN7O3S. The molecule has 0 aliphatic carbocycles. The lowest BCUT2D eigenvalue weighted by atomic mass is 9.99. The van der Waals surface area contributed by atoms with E-state index in [2.05, 4.69) is 27.4 Å². The van der Waals surface area contributed by atoms with Crippen LogP contribution in [-0.4, -0.2) is 65.6 Å². The number of halogens is 1. The molecule has 0 bridgehead atoms. The standard InChI is InChI=1S/C36H44ClN7O3S/c1-44(36(46)30(40)9-4-5-13-38)32(19-26-21-42-31-10-3-2-8-28(26)31)34(45)43-22-27-17-25(23-11-15-47-16-12-23)18-29(37)33(27)48-35-24(20-39)7-6-14-41-35/h2-3,6-8,10-11,14,17-18,21,30,32,42H,4-5,9,12-13,15-16,19-20,22,38-40H2,1H3,(H,43,45)/t30-,32-/m0/s1. The highest BCUT2D eigenvalue weighted by molar-refractivity contribution is 7.99. The minimum atomic E-state index is -0.815. The lowest BCUT2D eigenvalue weighted by molar-refractivity contribution is -0.140. The van der Waals surface area contributed by atoms with Crippen LogP contribution in [0.15, 0.2) is 76.9 Å². The molecule has 0 radical (unpaired) electrons. The Bertz CT molecular complexity index is 1760. The van der Waals surface area contributed by atoms with Gasteiger partial charge in [-0.3, -0.25) is 9.59 Å². The molecule has 10 nitrogen and oxygen atoms in total. The Balaban J connectivity index is 1.45. The van der Waals surface area contributed by atoms with E-state index in [1.807, 2.05) is 48.7 Å². The zero-order valence-corrected chi connectivity index (χ0v) is 28.8. The Hall–Kier alpha value is -3.71. The SMILES string of the molecule is CN(C(=O)[C@@H](N)CCCCN)[C@@H](Cc1c[nH]c2ccccc12)C(=O)NCc1cc(C2=CCOCC2)cc(Cl)c1Sc1ncccc1CN. The van der Waals surface area contributed by atoms with Gasteiger partial charge in [0, 0.05) is 54.8 Å². The number of unbranched alkanes of at least 4 members (excludes halogenated alkanes) is 1. The third-order valence-electron chi connectivity index (χ3n) is 8.67. The molecule has 48 heavy (non-hydrogen) atoms. The van der Waals surface area contributed by atoms with E-state index in [1.54, 1.807) is 13.2 Å². The summed E-state index contributed by atoms with van der Waals surface area (Å²) < 4.78 is 5.53. The van der Waals surface area contributed by atoms with Gasteiger partial charge in [0.1, 0.15) is 11.1 Å². The number of hydrogen-bond acceptors (Lipinski definition) is 8. The molecule has 5 rings (SSSR count). The van der Waals surface area contributed by atoms with Crippen LogP contribution in [0.25, 0.3) is 16.5 Å². The molecule has 0 saturated heterocycles. The summed E-state index contributed by atoms with van der Waals surface area (Å²) in [4.78, 5) is 37.8. The molecule has 2 amide bonds. The summed E-state index contributed by atoms with van der Waals surface area (Å²) in [6, 6.07) is 14.2. The van der Waals surface area contributed by atoms with Crippen LogP contribution < -0.4 is 22.5 Å². The Morgan fingerprint density at radius 2 is 1.96 bits per heavy atom. The van der Waals surface area contributed by atoms with Crippen LogP contribution in [0.2, 0.25) is 5.02 Å². The van der Waals surface area contributed by atoms with Gasteiger partial charge in [0.2, 0.25) is 11.8 Å². The van der Waals surface area contributed by atoms with Crippen molar-refractivity contribution in [2.45, 2.75) is 67.2 Å². The number of pyridine rings is 1. The molecule has 1 aliphatic heterocycles. The van der Waals surface area contributed by atoms with Gasteiger partial charge in [-0.15, -0.1) is 0 Å². The van der Waals surface area contributed by atoms with Crippen molar-refractivity contribution < 1.29 is 14.3 Å². The quantitative estimate of drug-likeness (QED) is 0.111. The molecule has 0 unspecified atom stereocenters. The largest absolute Gasteiger partial charge is 0.377 e. The van der Waals surface area contributed by atoms with Crippen molar-refractivity contribution >= 4 is 51.7 Å². The number of nitrogens with two attached hydrogens (primary N) is 3. The first kappa shape index (κ1) is 35.6. The summed E-state index contributed by atoms with van der Waals surface area (Å²) in [7, 11) is 1.65. The van der Waals surface area contributed by atoms with Crippen LogP contribution in [0.1, 0.15) is 47.9 Å². The van der Waals surface area contributed by atoms with Crippen LogP contribution in [0.4, 0.5) is 0 Å². The summed E-state index contributed by atoms with van der Waals surface area (Å²) in [5.74, 6) is -0.585. The average molecular weight is 690 g/mol. The highest BCUT2D eigenvalue weighted by Crippen LogP contribution is 2.39. The average Bonchev–Trinajstić information content (AvgIpc) is 3.53. The predicted molar refractivity (Wildman–Crippen MR) is 192 cm³/mol. The summed E-state index contributed by atoms with van der Waals surface area (Å²) in [6.07, 6.45) is 8.75. The van der Waals surface area contributed by atoms with Crippen molar-refractivity contribution in [1.82, 2.24) is 20.2 Å². The Morgan fingerprint density at radius 3 is 2.73 bits per heavy atom. The zero-order valence-electron chi connectivity index (χ0n) is 27.2. The number of ether oxygens (including phenoxy) is 1. The molecule has 4 aromatic rings. The number of carbonyl (C=O) groups is 2. The number of fused-ring (bicyclic) bond motifs is 1. The lowest BCUT2D eigenvalue weighted by Gasteiger charge is -2.30. The molecule has 2 aromatic carbocycles. The van der Waals surface area contributed by atoms with Crippen molar-refractivity contribution in [2.75, 3.05) is 26.8 Å². The van der Waals surface area contributed by atoms with Gasteiger partial charge in [0.15, 0.2) is 0 Å². The number of likely N-dealkylation sites (N-methyl/N-ethyl adjacent to an activating group) is 1. The molecule has 2 aromatic heterocycles. The summed E-state index contributed by atoms with van der Waals surface area (Å²) in [5, 5.41) is 5.43. The highest BCUT2D eigenvalue weighted by Gasteiger charge is 2.31. The minimum absolute atomic E-state index is 0.179. The first-order valence-electron chi connectivity index (χ1n) is 16.3. The van der Waals surface area contributed by atoms with E-state index < -0.39 is 12.1 Å². The van der Waals surface area contributed by atoms with Crippen molar-refractivity contribution in [3.8, 4) is 0 Å². The smallest absolute Gasteiger partial charge is 0.243 e. The summed E-state index contributed by atoms with van der Waals surface area (Å²) >= 11 is 8.40. The lowest BCUT2D eigenvalue weighted by Crippen LogP contribution is -2.53. The summed E-state index contributed by atoms with van der Waals surface area (Å²) in [6.45, 7) is 2.21. The predicted octanol–water partition coefficient (Wildman–Crippen LogP) is 4.77. The maximum absolute atomic E-state index is 14.2. The number of H-pyrrole nitrogens is 1. The van der Waals surface area contributed by atoms with Crippen molar-refractivity contribution in [1.29, 1.82) is 0 Å². The normalized spacial score (nSPS) is 14.4. The number of aromatic nitrogens is 2. The number of para-hydroxylation sites is 1. The van der Waals surface area contributed by atoms with Crippen molar-refractivity contribution in [2.24, 2.45) is 17.2 Å². The number of hydrogen-bond donors (Lipinski definition) is 5. The number of amides is 2. The van der Waals surface area contributed by atoms with Gasteiger partial charge in [-0.25, -0.2) is 4.98 Å². The van der Waals surface area contributed by atoms with Gasteiger partial charge in [-0.05, 0) is 77.9 Å². The Morgan fingerprint density at radius 1 is 1.12 bits per heavy atom. The van der Waals surface area contributed by atoms with Crippen LogP contribution in [-0.2, 0) is 33.8 Å². The molecule has 2 atom stereocenters. The van der Waals surface area contributed by atoms with E-state index in [0.717, 1.165) is 67.9 Å². The zero-order chi connectivity index (χ0) is 34.0. The fourth-order valence-corrected chi connectivity index (χ4v) is 7.26. The number of benzene rings is 2. The summed E-state index contributed by atoms with van der Waals surface area (Å²) in [5.41, 5.74) is 23.7. The van der Waals surface area contributed by atoms with E-state index in [-0.39, 0.29) is 18.4 Å². The number of carbonyl (C=O) groups excluding carboxylic acids is 2. The van der Waals surface area contributed by atoms with E-state index in [1.165, 1.54) is 16.7 Å². The number of rotatable bonds is 15. The van der Waals surface area contributed by atoms with E-state index in [4.69, 9.17) is 33.5 Å². The Labute approximate surface area is 290 Å². The van der Waals surface area contributed by atoms with E-state index in [0.29, 0.717) is 44.2 Å². The van der Waals surface area contributed by atoms with Gasteiger partial charge in [-0.2, -0.15) is 0 Å². The van der Waals surface area contributed by atoms with Gasteiger partial charge in [0.25, 0.3) is 0 Å². The molecule has 254 valence electrons. The van der Waals surface area contributed by atoms with Gasteiger partial charge in [-0.1, -0.05) is 60.1 Å². The van der Waals surface area contributed by atoms with Crippen molar-refractivity contribution in [3.63, 3.8) is 0 Å².